The number of hydrogen-bond acceptors (Lipinski definition) is 5. The maximum absolute atomic E-state index is 12.3. The summed E-state index contributed by atoms with van der Waals surface area (Å²) in [6, 6.07) is 9.86. The number of anilines is 1. The van der Waals surface area contributed by atoms with E-state index in [4.69, 9.17) is 0 Å². The molecular formula is C14H13N3O3. The van der Waals surface area contributed by atoms with Crippen molar-refractivity contribution in [2.24, 2.45) is 0 Å². The molecule has 0 radical (unpaired) electrons. The van der Waals surface area contributed by atoms with Crippen LogP contribution >= 0.6 is 0 Å². The van der Waals surface area contributed by atoms with Gasteiger partial charge in [-0.25, -0.2) is 14.8 Å². The van der Waals surface area contributed by atoms with Gasteiger partial charge < -0.3 is 4.74 Å². The number of rotatable bonds is 3. The van der Waals surface area contributed by atoms with Crippen molar-refractivity contribution in [1.82, 2.24) is 9.97 Å². The van der Waals surface area contributed by atoms with Gasteiger partial charge in [-0.2, -0.15) is 0 Å². The quantitative estimate of drug-likeness (QED) is 0.792. The largest absolute Gasteiger partial charge is 0.464 e. The topological polar surface area (TPSA) is 72.4 Å². The van der Waals surface area contributed by atoms with E-state index in [0.717, 1.165) is 0 Å². The van der Waals surface area contributed by atoms with E-state index in [1.807, 2.05) is 0 Å². The highest BCUT2D eigenvalue weighted by Gasteiger charge is 2.17. The average molecular weight is 271 g/mol. The molecule has 0 aromatic carbocycles. The van der Waals surface area contributed by atoms with Crippen LogP contribution in [0.25, 0.3) is 0 Å². The molecule has 0 fully saturated rings. The molecule has 20 heavy (non-hydrogen) atoms. The zero-order valence-corrected chi connectivity index (χ0v) is 11.1. The molecular weight excluding hydrogens is 258 g/mol. The van der Waals surface area contributed by atoms with E-state index < -0.39 is 5.97 Å². The molecule has 2 aromatic rings. The van der Waals surface area contributed by atoms with Gasteiger partial charge in [0.25, 0.3) is 5.91 Å². The summed E-state index contributed by atoms with van der Waals surface area (Å²) in [5.41, 5.74) is 0.244. The molecule has 6 heteroatoms. The lowest BCUT2D eigenvalue weighted by molar-refractivity contribution is 0.0594. The lowest BCUT2D eigenvalue weighted by Crippen LogP contribution is -2.28. The molecule has 0 aliphatic heterocycles. The highest BCUT2D eigenvalue weighted by molar-refractivity contribution is 6.04. The van der Waals surface area contributed by atoms with Gasteiger partial charge in [-0.05, 0) is 24.3 Å². The van der Waals surface area contributed by atoms with E-state index in [1.54, 1.807) is 37.5 Å². The van der Waals surface area contributed by atoms with Crippen LogP contribution in [0, 0.1) is 0 Å². The van der Waals surface area contributed by atoms with Gasteiger partial charge >= 0.3 is 5.97 Å². The lowest BCUT2D eigenvalue weighted by Gasteiger charge is -2.15. The Morgan fingerprint density at radius 1 is 1.10 bits per heavy atom. The molecule has 0 N–H and O–H groups in total. The fourth-order valence-electron chi connectivity index (χ4n) is 1.60. The van der Waals surface area contributed by atoms with Crippen LogP contribution in [0.3, 0.4) is 0 Å². The third kappa shape index (κ3) is 2.80. The maximum atomic E-state index is 12.3. The van der Waals surface area contributed by atoms with Crippen molar-refractivity contribution in [2.45, 2.75) is 0 Å². The van der Waals surface area contributed by atoms with E-state index in [1.165, 1.54) is 24.1 Å². The van der Waals surface area contributed by atoms with Crippen LogP contribution in [0.5, 0.6) is 0 Å². The zero-order valence-electron chi connectivity index (χ0n) is 11.1. The van der Waals surface area contributed by atoms with Gasteiger partial charge in [0.05, 0.1) is 7.11 Å². The van der Waals surface area contributed by atoms with Crippen LogP contribution in [-0.4, -0.2) is 36.0 Å². The van der Waals surface area contributed by atoms with Gasteiger partial charge in [0.15, 0.2) is 0 Å². The minimum Gasteiger partial charge on any atom is -0.464 e. The van der Waals surface area contributed by atoms with Crippen molar-refractivity contribution in [3.8, 4) is 0 Å². The molecule has 2 rings (SSSR count). The highest BCUT2D eigenvalue weighted by Crippen LogP contribution is 2.11. The number of carbonyl (C=O) groups excluding carboxylic acids is 2. The lowest BCUT2D eigenvalue weighted by atomic mass is 10.2. The van der Waals surface area contributed by atoms with E-state index in [9.17, 15) is 9.59 Å². The Kier molecular flexibility index (Phi) is 4.05. The Balaban J connectivity index is 2.27. The average Bonchev–Trinajstić information content (AvgIpc) is 2.53. The standard InChI is InChI=1S/C14H13N3O3/c1-17(12-8-3-4-9-15-12)13(18)10-6-5-7-11(16-10)14(19)20-2/h3-9H,1-2H3. The fourth-order valence-corrected chi connectivity index (χ4v) is 1.60. The zero-order chi connectivity index (χ0) is 14.5. The fraction of sp³-hybridized carbons (Fsp3) is 0.143. The van der Waals surface area contributed by atoms with Crippen molar-refractivity contribution in [1.29, 1.82) is 0 Å². The number of nitrogens with zero attached hydrogens (tertiary/aromatic N) is 3. The van der Waals surface area contributed by atoms with Crippen LogP contribution in [0.2, 0.25) is 0 Å². The normalized spacial score (nSPS) is 9.90. The summed E-state index contributed by atoms with van der Waals surface area (Å²) in [5, 5.41) is 0. The smallest absolute Gasteiger partial charge is 0.356 e. The number of methoxy groups -OCH3 is 1. The summed E-state index contributed by atoms with van der Waals surface area (Å²) < 4.78 is 4.58. The van der Waals surface area contributed by atoms with Gasteiger partial charge in [0, 0.05) is 13.2 Å². The summed E-state index contributed by atoms with van der Waals surface area (Å²) >= 11 is 0. The van der Waals surface area contributed by atoms with Crippen molar-refractivity contribution < 1.29 is 14.3 Å². The molecule has 2 aromatic heterocycles. The first-order valence-electron chi connectivity index (χ1n) is 5.88. The van der Waals surface area contributed by atoms with Gasteiger partial charge in [0.2, 0.25) is 0 Å². The first-order valence-corrected chi connectivity index (χ1v) is 5.88. The first-order chi connectivity index (χ1) is 9.63. The van der Waals surface area contributed by atoms with Crippen LogP contribution in [0.15, 0.2) is 42.6 Å². The molecule has 0 aliphatic rings. The second kappa shape index (κ2) is 5.92. The Labute approximate surface area is 116 Å². The predicted molar refractivity (Wildman–Crippen MR) is 72.5 cm³/mol. The molecule has 102 valence electrons. The molecule has 2 heterocycles. The van der Waals surface area contributed by atoms with Crippen LogP contribution in [-0.2, 0) is 4.74 Å². The van der Waals surface area contributed by atoms with Gasteiger partial charge in [-0.15, -0.1) is 0 Å². The molecule has 6 nitrogen and oxygen atoms in total. The highest BCUT2D eigenvalue weighted by atomic mass is 16.5. The van der Waals surface area contributed by atoms with E-state index >= 15 is 0 Å². The molecule has 1 amide bonds. The van der Waals surface area contributed by atoms with Gasteiger partial charge in [0.1, 0.15) is 17.2 Å². The molecule has 0 atom stereocenters. The van der Waals surface area contributed by atoms with Crippen molar-refractivity contribution in [3.05, 3.63) is 54.0 Å². The summed E-state index contributed by atoms with van der Waals surface area (Å²) in [4.78, 5) is 33.1. The number of aromatic nitrogens is 2. The summed E-state index contributed by atoms with van der Waals surface area (Å²) in [5.74, 6) is -0.433. The third-order valence-electron chi connectivity index (χ3n) is 2.66. The molecule has 0 aliphatic carbocycles. The van der Waals surface area contributed by atoms with E-state index in [2.05, 4.69) is 14.7 Å². The molecule has 0 unspecified atom stereocenters. The summed E-state index contributed by atoms with van der Waals surface area (Å²) in [7, 11) is 2.86. The first kappa shape index (κ1) is 13.7. The number of pyridine rings is 2. The number of esters is 1. The Morgan fingerprint density at radius 2 is 1.85 bits per heavy atom. The Bertz CT molecular complexity index is 629. The second-order valence-corrected chi connectivity index (χ2v) is 3.95. The monoisotopic (exact) mass is 271 g/mol. The Morgan fingerprint density at radius 3 is 2.50 bits per heavy atom. The molecule has 0 spiro atoms. The number of ether oxygens (including phenoxy) is 1. The van der Waals surface area contributed by atoms with E-state index in [-0.39, 0.29) is 17.3 Å². The third-order valence-corrected chi connectivity index (χ3v) is 2.66. The minimum atomic E-state index is -0.583. The van der Waals surface area contributed by atoms with Crippen LogP contribution < -0.4 is 4.90 Å². The number of carbonyl (C=O) groups is 2. The van der Waals surface area contributed by atoms with Crippen LogP contribution in [0.4, 0.5) is 5.82 Å². The summed E-state index contributed by atoms with van der Waals surface area (Å²) in [6.07, 6.45) is 1.59. The van der Waals surface area contributed by atoms with Gasteiger partial charge in [-0.1, -0.05) is 12.1 Å². The van der Waals surface area contributed by atoms with Gasteiger partial charge in [-0.3, -0.25) is 9.69 Å². The Hall–Kier alpha value is -2.76. The minimum absolute atomic E-state index is 0.0905. The number of hydrogen-bond donors (Lipinski definition) is 0. The van der Waals surface area contributed by atoms with E-state index in [0.29, 0.717) is 5.82 Å². The molecule has 0 bridgehead atoms. The van der Waals surface area contributed by atoms with Crippen LogP contribution in [0.1, 0.15) is 21.0 Å². The second-order valence-electron chi connectivity index (χ2n) is 3.95. The maximum Gasteiger partial charge on any atom is 0.356 e. The molecule has 0 saturated carbocycles. The predicted octanol–water partition coefficient (Wildman–Crippen LogP) is 1.54. The van der Waals surface area contributed by atoms with Crippen molar-refractivity contribution in [2.75, 3.05) is 19.1 Å². The SMILES string of the molecule is COC(=O)c1cccc(C(=O)N(C)c2ccccn2)n1. The van der Waals surface area contributed by atoms with Crippen molar-refractivity contribution >= 4 is 17.7 Å². The number of amides is 1. The van der Waals surface area contributed by atoms with Crippen molar-refractivity contribution in [3.63, 3.8) is 0 Å². The summed E-state index contributed by atoms with van der Waals surface area (Å²) in [6.45, 7) is 0. The molecule has 0 saturated heterocycles.